The van der Waals surface area contributed by atoms with Gasteiger partial charge in [0.1, 0.15) is 5.84 Å². The number of amidine groups is 1. The van der Waals surface area contributed by atoms with E-state index in [9.17, 15) is 18.0 Å². The highest BCUT2D eigenvalue weighted by atomic mass is 19.4. The van der Waals surface area contributed by atoms with Crippen LogP contribution in [0.5, 0.6) is 0 Å². The minimum Gasteiger partial charge on any atom is -0.384 e. The topological polar surface area (TPSA) is 95.6 Å². The fourth-order valence-corrected chi connectivity index (χ4v) is 1.68. The van der Waals surface area contributed by atoms with Crippen LogP contribution >= 0.6 is 0 Å². The maximum absolute atomic E-state index is 12.9. The molecule has 0 atom stereocenters. The molecule has 20 heavy (non-hydrogen) atoms. The highest BCUT2D eigenvalue weighted by molar-refractivity contribution is 5.97. The normalized spacial score (nSPS) is 11.3. The Labute approximate surface area is 110 Å². The standard InChI is InChI=1S/C12H9F3N4O/c13-12(14,15)8-5-6(1-2-7(8)11(16)17)9-3-4-10(20)19-18-9/h1-5H,(H3,16,17)(H,19,20). The molecule has 2 rings (SSSR count). The zero-order valence-corrected chi connectivity index (χ0v) is 9.95. The van der Waals surface area contributed by atoms with Crippen molar-refractivity contribution in [3.8, 4) is 11.3 Å². The highest BCUT2D eigenvalue weighted by Gasteiger charge is 2.34. The monoisotopic (exact) mass is 282 g/mol. The molecule has 1 aromatic carbocycles. The van der Waals surface area contributed by atoms with Gasteiger partial charge in [0.05, 0.1) is 11.3 Å². The molecular formula is C12H9F3N4O. The predicted octanol–water partition coefficient (Wildman–Crippen LogP) is 1.74. The van der Waals surface area contributed by atoms with E-state index in [1.165, 1.54) is 12.1 Å². The third-order valence-electron chi connectivity index (χ3n) is 2.59. The van der Waals surface area contributed by atoms with Crippen molar-refractivity contribution in [2.75, 3.05) is 0 Å². The first-order valence-electron chi connectivity index (χ1n) is 5.41. The van der Waals surface area contributed by atoms with Crippen LogP contribution in [-0.2, 0) is 6.18 Å². The molecule has 2 aromatic rings. The van der Waals surface area contributed by atoms with Crippen LogP contribution in [-0.4, -0.2) is 16.0 Å². The van der Waals surface area contributed by atoms with Crippen LogP contribution in [0.1, 0.15) is 11.1 Å². The minimum atomic E-state index is -4.64. The van der Waals surface area contributed by atoms with Crippen LogP contribution in [0.3, 0.4) is 0 Å². The van der Waals surface area contributed by atoms with E-state index in [1.807, 2.05) is 0 Å². The summed E-state index contributed by atoms with van der Waals surface area (Å²) in [6.07, 6.45) is -4.64. The van der Waals surface area contributed by atoms with Crippen LogP contribution in [0.2, 0.25) is 0 Å². The smallest absolute Gasteiger partial charge is 0.384 e. The Balaban J connectivity index is 2.61. The van der Waals surface area contributed by atoms with Crippen LogP contribution in [0.15, 0.2) is 35.1 Å². The number of hydrogen-bond donors (Lipinski definition) is 3. The Bertz CT molecular complexity index is 701. The number of hydrogen-bond acceptors (Lipinski definition) is 3. The second kappa shape index (κ2) is 4.80. The molecule has 1 heterocycles. The first-order valence-corrected chi connectivity index (χ1v) is 5.41. The van der Waals surface area contributed by atoms with E-state index >= 15 is 0 Å². The lowest BCUT2D eigenvalue weighted by Crippen LogP contribution is -2.19. The summed E-state index contributed by atoms with van der Waals surface area (Å²) < 4.78 is 38.8. The van der Waals surface area contributed by atoms with Crippen LogP contribution in [0.25, 0.3) is 11.3 Å². The van der Waals surface area contributed by atoms with Gasteiger partial charge in [0, 0.05) is 17.2 Å². The summed E-state index contributed by atoms with van der Waals surface area (Å²) in [6.45, 7) is 0. The largest absolute Gasteiger partial charge is 0.417 e. The van der Waals surface area contributed by atoms with Gasteiger partial charge in [-0.1, -0.05) is 12.1 Å². The molecule has 8 heteroatoms. The van der Waals surface area contributed by atoms with Gasteiger partial charge in [0.2, 0.25) is 0 Å². The molecule has 1 aromatic heterocycles. The molecule has 0 radical (unpaired) electrons. The minimum absolute atomic E-state index is 0.165. The van der Waals surface area contributed by atoms with E-state index in [2.05, 4.69) is 10.2 Å². The van der Waals surface area contributed by atoms with E-state index < -0.39 is 28.7 Å². The number of benzene rings is 1. The Morgan fingerprint density at radius 3 is 2.45 bits per heavy atom. The number of rotatable bonds is 2. The van der Waals surface area contributed by atoms with Gasteiger partial charge in [-0.05, 0) is 12.1 Å². The predicted molar refractivity (Wildman–Crippen MR) is 66.3 cm³/mol. The van der Waals surface area contributed by atoms with Crippen molar-refractivity contribution in [2.45, 2.75) is 6.18 Å². The van der Waals surface area contributed by atoms with E-state index in [-0.39, 0.29) is 11.3 Å². The summed E-state index contributed by atoms with van der Waals surface area (Å²) >= 11 is 0. The van der Waals surface area contributed by atoms with Gasteiger partial charge in [-0.3, -0.25) is 10.2 Å². The van der Waals surface area contributed by atoms with Gasteiger partial charge in [0.25, 0.3) is 5.56 Å². The number of halogens is 3. The molecule has 104 valence electrons. The first kappa shape index (κ1) is 13.8. The fraction of sp³-hybridized carbons (Fsp3) is 0.0833. The Kier molecular flexibility index (Phi) is 3.31. The van der Waals surface area contributed by atoms with Gasteiger partial charge in [0.15, 0.2) is 0 Å². The van der Waals surface area contributed by atoms with Crippen molar-refractivity contribution >= 4 is 5.84 Å². The maximum Gasteiger partial charge on any atom is 0.417 e. The molecule has 0 saturated carbocycles. The summed E-state index contributed by atoms with van der Waals surface area (Å²) in [4.78, 5) is 10.9. The van der Waals surface area contributed by atoms with Crippen molar-refractivity contribution in [3.63, 3.8) is 0 Å². The van der Waals surface area contributed by atoms with Crippen molar-refractivity contribution in [3.05, 3.63) is 51.8 Å². The van der Waals surface area contributed by atoms with E-state index in [4.69, 9.17) is 11.1 Å². The van der Waals surface area contributed by atoms with Crippen molar-refractivity contribution in [1.29, 1.82) is 5.41 Å². The van der Waals surface area contributed by atoms with Crippen LogP contribution in [0, 0.1) is 5.41 Å². The summed E-state index contributed by atoms with van der Waals surface area (Å²) in [6, 6.07) is 5.77. The molecule has 0 unspecified atom stereocenters. The fourth-order valence-electron chi connectivity index (χ4n) is 1.68. The summed E-state index contributed by atoms with van der Waals surface area (Å²) in [5.41, 5.74) is 3.62. The Morgan fingerprint density at radius 1 is 1.25 bits per heavy atom. The Hall–Kier alpha value is -2.64. The first-order chi connectivity index (χ1) is 9.29. The number of alkyl halides is 3. The molecule has 0 amide bonds. The molecule has 0 aliphatic rings. The number of nitrogens with zero attached hydrogens (tertiary/aromatic N) is 1. The van der Waals surface area contributed by atoms with E-state index in [0.29, 0.717) is 0 Å². The highest BCUT2D eigenvalue weighted by Crippen LogP contribution is 2.34. The number of aromatic nitrogens is 2. The van der Waals surface area contributed by atoms with Gasteiger partial charge in [-0.15, -0.1) is 0 Å². The van der Waals surface area contributed by atoms with Gasteiger partial charge < -0.3 is 5.73 Å². The summed E-state index contributed by atoms with van der Waals surface area (Å²) in [5.74, 6) is -0.668. The van der Waals surface area contributed by atoms with Crippen LogP contribution < -0.4 is 11.3 Å². The third kappa shape index (κ3) is 2.68. The molecule has 0 aliphatic carbocycles. The number of nitrogens with two attached hydrogens (primary N) is 1. The average Bonchev–Trinajstić information content (AvgIpc) is 2.38. The molecule has 0 bridgehead atoms. The average molecular weight is 282 g/mol. The quantitative estimate of drug-likeness (QED) is 0.578. The second-order valence-electron chi connectivity index (χ2n) is 3.98. The maximum atomic E-state index is 12.9. The van der Waals surface area contributed by atoms with Crippen molar-refractivity contribution < 1.29 is 13.2 Å². The Morgan fingerprint density at radius 2 is 1.95 bits per heavy atom. The van der Waals surface area contributed by atoms with E-state index in [1.54, 1.807) is 0 Å². The molecule has 4 N–H and O–H groups in total. The lowest BCUT2D eigenvalue weighted by atomic mass is 10.0. The van der Waals surface area contributed by atoms with E-state index in [0.717, 1.165) is 18.2 Å². The SMILES string of the molecule is N=C(N)c1ccc(-c2ccc(=O)[nH]n2)cc1C(F)(F)F. The lowest BCUT2D eigenvalue weighted by molar-refractivity contribution is -0.137. The van der Waals surface area contributed by atoms with Gasteiger partial charge in [-0.25, -0.2) is 5.10 Å². The number of aromatic amines is 1. The molecule has 0 aliphatic heterocycles. The lowest BCUT2D eigenvalue weighted by Gasteiger charge is -2.13. The summed E-state index contributed by atoms with van der Waals surface area (Å²) in [5, 5.41) is 13.0. The zero-order valence-electron chi connectivity index (χ0n) is 9.95. The summed E-state index contributed by atoms with van der Waals surface area (Å²) in [7, 11) is 0. The molecule has 5 nitrogen and oxygen atoms in total. The second-order valence-corrected chi connectivity index (χ2v) is 3.98. The van der Waals surface area contributed by atoms with Crippen LogP contribution in [0.4, 0.5) is 13.2 Å². The number of nitrogen functional groups attached to an aromatic ring is 1. The third-order valence-corrected chi connectivity index (χ3v) is 2.59. The zero-order chi connectivity index (χ0) is 14.9. The molecular weight excluding hydrogens is 273 g/mol. The van der Waals surface area contributed by atoms with Crippen molar-refractivity contribution in [1.82, 2.24) is 10.2 Å². The molecule has 0 saturated heterocycles. The number of H-pyrrole nitrogens is 1. The molecule has 0 spiro atoms. The molecule has 0 fully saturated rings. The van der Waals surface area contributed by atoms with Gasteiger partial charge in [-0.2, -0.15) is 18.3 Å². The van der Waals surface area contributed by atoms with Gasteiger partial charge >= 0.3 is 6.18 Å². The number of nitrogens with one attached hydrogen (secondary N) is 2. The van der Waals surface area contributed by atoms with Crippen molar-refractivity contribution in [2.24, 2.45) is 5.73 Å².